The van der Waals surface area contributed by atoms with E-state index in [9.17, 15) is 4.79 Å². The van der Waals surface area contributed by atoms with Crippen molar-refractivity contribution >= 4 is 5.97 Å². The number of rotatable bonds is 8. The summed E-state index contributed by atoms with van der Waals surface area (Å²) in [7, 11) is 1.50. The van der Waals surface area contributed by atoms with Crippen LogP contribution >= 0.6 is 0 Å². The fourth-order valence-corrected chi connectivity index (χ4v) is 1.59. The van der Waals surface area contributed by atoms with Gasteiger partial charge < -0.3 is 14.2 Å². The van der Waals surface area contributed by atoms with Crippen molar-refractivity contribution in [3.05, 3.63) is 42.5 Å². The van der Waals surface area contributed by atoms with Gasteiger partial charge in [-0.1, -0.05) is 24.8 Å². The highest BCUT2D eigenvalue weighted by Crippen LogP contribution is 2.14. The molecule has 0 amide bonds. The largest absolute Gasteiger partial charge is 0.490 e. The molecule has 1 aromatic carbocycles. The molecule has 0 aliphatic carbocycles. The number of carbonyl (C=O) groups excluding carboxylic acids is 1. The molecule has 0 heterocycles. The van der Waals surface area contributed by atoms with E-state index in [0.29, 0.717) is 19.6 Å². The minimum atomic E-state index is -0.570. The number of esters is 1. The average molecular weight is 264 g/mol. The normalized spacial score (nSPS) is 11.7. The molecule has 0 spiro atoms. The number of hydrogen-bond donors (Lipinski definition) is 0. The van der Waals surface area contributed by atoms with Crippen LogP contribution in [0.1, 0.15) is 12.5 Å². The molecule has 0 aromatic heterocycles. The van der Waals surface area contributed by atoms with Crippen molar-refractivity contribution in [2.45, 2.75) is 19.4 Å². The number of benzene rings is 1. The summed E-state index contributed by atoms with van der Waals surface area (Å²) in [6.45, 7) is 6.19. The van der Waals surface area contributed by atoms with Gasteiger partial charge in [0, 0.05) is 13.5 Å². The van der Waals surface area contributed by atoms with Gasteiger partial charge in [-0.2, -0.15) is 0 Å². The summed E-state index contributed by atoms with van der Waals surface area (Å²) in [4.78, 5) is 11.6. The summed E-state index contributed by atoms with van der Waals surface area (Å²) in [5.74, 6) is 0.436. The Labute approximate surface area is 114 Å². The highest BCUT2D eigenvalue weighted by Gasteiger charge is 2.19. The lowest BCUT2D eigenvalue weighted by Gasteiger charge is -2.14. The van der Waals surface area contributed by atoms with E-state index in [1.54, 1.807) is 13.0 Å². The van der Waals surface area contributed by atoms with E-state index < -0.39 is 6.10 Å². The van der Waals surface area contributed by atoms with Gasteiger partial charge in [0.25, 0.3) is 0 Å². The number of ether oxygens (including phenoxy) is 3. The maximum absolute atomic E-state index is 11.6. The third kappa shape index (κ3) is 5.14. The van der Waals surface area contributed by atoms with E-state index in [2.05, 4.69) is 6.58 Å². The number of methoxy groups -OCH3 is 1. The zero-order valence-corrected chi connectivity index (χ0v) is 11.4. The molecule has 1 unspecified atom stereocenters. The number of hydrogen-bond acceptors (Lipinski definition) is 4. The average Bonchev–Trinajstić information content (AvgIpc) is 2.44. The Kier molecular flexibility index (Phi) is 6.68. The SMILES string of the molecule is C=CCOc1ccc(CC(OC)C(=O)OCC)cc1. The summed E-state index contributed by atoms with van der Waals surface area (Å²) < 4.78 is 15.5. The van der Waals surface area contributed by atoms with E-state index in [1.807, 2.05) is 24.3 Å². The van der Waals surface area contributed by atoms with Gasteiger partial charge in [-0.05, 0) is 24.6 Å². The van der Waals surface area contributed by atoms with Crippen LogP contribution in [0.2, 0.25) is 0 Å². The van der Waals surface area contributed by atoms with Crippen LogP contribution in [0.5, 0.6) is 5.75 Å². The second-order valence-corrected chi connectivity index (χ2v) is 3.92. The molecule has 4 heteroatoms. The van der Waals surface area contributed by atoms with Gasteiger partial charge in [0.1, 0.15) is 12.4 Å². The van der Waals surface area contributed by atoms with E-state index >= 15 is 0 Å². The molecule has 19 heavy (non-hydrogen) atoms. The van der Waals surface area contributed by atoms with Gasteiger partial charge in [-0.25, -0.2) is 4.79 Å². The van der Waals surface area contributed by atoms with Crippen LogP contribution in [0.4, 0.5) is 0 Å². The Balaban J connectivity index is 2.59. The van der Waals surface area contributed by atoms with E-state index in [0.717, 1.165) is 11.3 Å². The van der Waals surface area contributed by atoms with Gasteiger partial charge >= 0.3 is 5.97 Å². The zero-order chi connectivity index (χ0) is 14.1. The Bertz CT molecular complexity index is 397. The van der Waals surface area contributed by atoms with Crippen LogP contribution in [0, 0.1) is 0 Å². The first kappa shape index (κ1) is 15.2. The molecule has 0 aliphatic heterocycles. The van der Waals surface area contributed by atoms with Gasteiger partial charge in [0.15, 0.2) is 6.10 Å². The van der Waals surface area contributed by atoms with Crippen LogP contribution in [0.25, 0.3) is 0 Å². The maximum Gasteiger partial charge on any atom is 0.335 e. The quantitative estimate of drug-likeness (QED) is 0.534. The molecular weight excluding hydrogens is 244 g/mol. The van der Waals surface area contributed by atoms with Crippen LogP contribution < -0.4 is 4.74 Å². The van der Waals surface area contributed by atoms with Crippen molar-refractivity contribution < 1.29 is 19.0 Å². The van der Waals surface area contributed by atoms with Crippen LogP contribution in [0.15, 0.2) is 36.9 Å². The fraction of sp³-hybridized carbons (Fsp3) is 0.400. The Hall–Kier alpha value is -1.81. The van der Waals surface area contributed by atoms with Gasteiger partial charge in [-0.15, -0.1) is 0 Å². The molecule has 0 saturated carbocycles. The number of carbonyl (C=O) groups is 1. The molecule has 0 bridgehead atoms. The summed E-state index contributed by atoms with van der Waals surface area (Å²) in [6, 6.07) is 7.53. The Morgan fingerprint density at radius 2 is 2.05 bits per heavy atom. The molecule has 0 radical (unpaired) electrons. The molecule has 0 fully saturated rings. The van der Waals surface area contributed by atoms with Gasteiger partial charge in [0.05, 0.1) is 6.61 Å². The summed E-state index contributed by atoms with van der Waals surface area (Å²) >= 11 is 0. The van der Waals surface area contributed by atoms with Gasteiger partial charge in [0.2, 0.25) is 0 Å². The lowest BCUT2D eigenvalue weighted by molar-refractivity contribution is -0.154. The first-order valence-electron chi connectivity index (χ1n) is 6.23. The highest BCUT2D eigenvalue weighted by molar-refractivity contribution is 5.75. The standard InChI is InChI=1S/C15H20O4/c1-4-10-19-13-8-6-12(7-9-13)11-14(17-3)15(16)18-5-2/h4,6-9,14H,1,5,10-11H2,2-3H3. The smallest absolute Gasteiger partial charge is 0.335 e. The molecule has 1 rings (SSSR count). The molecule has 0 saturated heterocycles. The summed E-state index contributed by atoms with van der Waals surface area (Å²) in [5.41, 5.74) is 0.992. The third-order valence-corrected chi connectivity index (χ3v) is 2.55. The molecule has 1 aromatic rings. The first-order chi connectivity index (χ1) is 9.21. The fourth-order valence-electron chi connectivity index (χ4n) is 1.59. The minimum Gasteiger partial charge on any atom is -0.490 e. The molecule has 0 aliphatic rings. The maximum atomic E-state index is 11.6. The van der Waals surface area contributed by atoms with Crippen molar-refractivity contribution in [2.24, 2.45) is 0 Å². The molecule has 104 valence electrons. The summed E-state index contributed by atoms with van der Waals surface area (Å²) in [6.07, 6.45) is 1.60. The lowest BCUT2D eigenvalue weighted by atomic mass is 10.1. The molecular formula is C15H20O4. The van der Waals surface area contributed by atoms with Crippen molar-refractivity contribution in [3.8, 4) is 5.75 Å². The van der Waals surface area contributed by atoms with Crippen molar-refractivity contribution in [3.63, 3.8) is 0 Å². The van der Waals surface area contributed by atoms with Crippen LogP contribution in [-0.2, 0) is 20.7 Å². The van der Waals surface area contributed by atoms with E-state index in [1.165, 1.54) is 7.11 Å². The van der Waals surface area contributed by atoms with Crippen molar-refractivity contribution in [1.29, 1.82) is 0 Å². The second kappa shape index (κ2) is 8.32. The van der Waals surface area contributed by atoms with Crippen molar-refractivity contribution in [2.75, 3.05) is 20.3 Å². The molecule has 0 N–H and O–H groups in total. The van der Waals surface area contributed by atoms with E-state index in [-0.39, 0.29) is 5.97 Å². The summed E-state index contributed by atoms with van der Waals surface area (Å²) in [5, 5.41) is 0. The highest BCUT2D eigenvalue weighted by atomic mass is 16.6. The van der Waals surface area contributed by atoms with Crippen LogP contribution in [-0.4, -0.2) is 32.4 Å². The second-order valence-electron chi connectivity index (χ2n) is 3.92. The molecule has 4 nitrogen and oxygen atoms in total. The molecule has 1 atom stereocenters. The topological polar surface area (TPSA) is 44.8 Å². The zero-order valence-electron chi connectivity index (χ0n) is 11.4. The monoisotopic (exact) mass is 264 g/mol. The Morgan fingerprint density at radius 3 is 2.58 bits per heavy atom. The third-order valence-electron chi connectivity index (χ3n) is 2.55. The Morgan fingerprint density at radius 1 is 1.37 bits per heavy atom. The van der Waals surface area contributed by atoms with Gasteiger partial charge in [-0.3, -0.25) is 0 Å². The predicted molar refractivity (Wildman–Crippen MR) is 73.3 cm³/mol. The first-order valence-corrected chi connectivity index (χ1v) is 6.23. The van der Waals surface area contributed by atoms with Crippen molar-refractivity contribution in [1.82, 2.24) is 0 Å². The lowest BCUT2D eigenvalue weighted by Crippen LogP contribution is -2.27. The predicted octanol–water partition coefficient (Wildman–Crippen LogP) is 2.37. The van der Waals surface area contributed by atoms with E-state index in [4.69, 9.17) is 14.2 Å². The minimum absolute atomic E-state index is 0.336. The van der Waals surface area contributed by atoms with Crippen LogP contribution in [0.3, 0.4) is 0 Å².